The Morgan fingerprint density at radius 1 is 0.512 bits per heavy atom. The highest BCUT2D eigenvalue weighted by atomic mass is 19.4. The van der Waals surface area contributed by atoms with Gasteiger partial charge >= 0.3 is 47.6 Å². The highest BCUT2D eigenvalue weighted by Gasteiger charge is 2.95. The van der Waals surface area contributed by atoms with Gasteiger partial charge in [-0.3, -0.25) is 4.79 Å². The third-order valence-corrected chi connectivity index (χ3v) is 5.84. The standard InChI is InChI=1S/C24H15F17O2/c25-17(26,11-4-12-43-15-9-7-14(8-10-15)16(42)13-5-2-1-3-6-13)18(27,28)19(29,30)20(31,32)21(33,34)22(35,36)23(37,38)24(39,40)41/h1-3,5-10H,4,11-12H2. The lowest BCUT2D eigenvalue weighted by Crippen LogP contribution is -2.74. The van der Waals surface area contributed by atoms with E-state index in [-0.39, 0.29) is 16.9 Å². The Hall–Kier alpha value is -3.28. The number of benzene rings is 2. The van der Waals surface area contributed by atoms with Gasteiger partial charge in [0, 0.05) is 17.5 Å². The largest absolute Gasteiger partial charge is 0.494 e. The molecule has 43 heavy (non-hydrogen) atoms. The number of halogens is 17. The predicted octanol–water partition coefficient (Wildman–Crippen LogP) is 9.09. The van der Waals surface area contributed by atoms with E-state index in [9.17, 15) is 79.4 Å². The average molecular weight is 658 g/mol. The summed E-state index contributed by atoms with van der Waals surface area (Å²) in [6.07, 6.45) is -11.8. The molecular formula is C24H15F17O2. The van der Waals surface area contributed by atoms with E-state index >= 15 is 0 Å². The first-order valence-corrected chi connectivity index (χ1v) is 11.2. The van der Waals surface area contributed by atoms with Gasteiger partial charge in [0.2, 0.25) is 0 Å². The minimum absolute atomic E-state index is 0.0864. The van der Waals surface area contributed by atoms with E-state index in [0.717, 1.165) is 24.3 Å². The smallest absolute Gasteiger partial charge is 0.460 e. The van der Waals surface area contributed by atoms with Crippen molar-refractivity contribution in [3.63, 3.8) is 0 Å². The van der Waals surface area contributed by atoms with Gasteiger partial charge in [0.15, 0.2) is 5.78 Å². The summed E-state index contributed by atoms with van der Waals surface area (Å²) in [6, 6.07) is 12.1. The molecule has 0 amide bonds. The van der Waals surface area contributed by atoms with E-state index in [1.807, 2.05) is 0 Å². The summed E-state index contributed by atoms with van der Waals surface area (Å²) >= 11 is 0. The van der Waals surface area contributed by atoms with Crippen LogP contribution in [0.5, 0.6) is 5.75 Å². The Kier molecular flexibility index (Phi) is 9.47. The molecule has 0 atom stereocenters. The quantitative estimate of drug-likeness (QED) is 0.122. The van der Waals surface area contributed by atoms with Crippen LogP contribution >= 0.6 is 0 Å². The van der Waals surface area contributed by atoms with Gasteiger partial charge in [-0.1, -0.05) is 30.3 Å². The Labute approximate surface area is 229 Å². The molecule has 0 bridgehead atoms. The summed E-state index contributed by atoms with van der Waals surface area (Å²) in [4.78, 5) is 12.3. The molecule has 2 nitrogen and oxygen atoms in total. The number of hydrogen-bond donors (Lipinski definition) is 0. The number of carbonyl (C=O) groups excluding carboxylic acids is 1. The van der Waals surface area contributed by atoms with Crippen LogP contribution < -0.4 is 4.74 Å². The highest BCUT2D eigenvalue weighted by molar-refractivity contribution is 6.08. The number of ketones is 1. The molecule has 0 aliphatic rings. The molecule has 0 N–H and O–H groups in total. The average Bonchev–Trinajstić information content (AvgIpc) is 2.90. The molecule has 242 valence electrons. The van der Waals surface area contributed by atoms with Gasteiger partial charge in [-0.05, 0) is 30.7 Å². The molecule has 0 heterocycles. The first-order valence-electron chi connectivity index (χ1n) is 11.2. The second kappa shape index (κ2) is 11.3. The van der Waals surface area contributed by atoms with Crippen LogP contribution in [0.25, 0.3) is 0 Å². The van der Waals surface area contributed by atoms with Crippen molar-refractivity contribution >= 4 is 5.78 Å². The second-order valence-electron chi connectivity index (χ2n) is 8.82. The summed E-state index contributed by atoms with van der Waals surface area (Å²) in [7, 11) is 0. The maximum absolute atomic E-state index is 13.9. The first-order chi connectivity index (χ1) is 19.2. The normalized spacial score (nSPS) is 14.5. The summed E-state index contributed by atoms with van der Waals surface area (Å²) < 4.78 is 231. The van der Waals surface area contributed by atoms with Gasteiger partial charge in [0.1, 0.15) is 5.75 Å². The number of ether oxygens (including phenoxy) is 1. The Bertz CT molecular complexity index is 1250. The summed E-state index contributed by atoms with van der Waals surface area (Å²) in [5, 5.41) is 0. The van der Waals surface area contributed by atoms with E-state index in [4.69, 9.17) is 4.74 Å². The minimum Gasteiger partial charge on any atom is -0.494 e. The molecule has 2 rings (SSSR count). The van der Waals surface area contributed by atoms with Crippen molar-refractivity contribution in [1.29, 1.82) is 0 Å². The second-order valence-corrected chi connectivity index (χ2v) is 8.82. The maximum atomic E-state index is 13.9. The van der Waals surface area contributed by atoms with Crippen molar-refractivity contribution in [2.75, 3.05) is 6.61 Å². The van der Waals surface area contributed by atoms with Crippen LogP contribution in [0.15, 0.2) is 54.6 Å². The third-order valence-electron chi connectivity index (χ3n) is 5.84. The van der Waals surface area contributed by atoms with Crippen LogP contribution in [0.3, 0.4) is 0 Å². The van der Waals surface area contributed by atoms with Gasteiger partial charge in [-0.2, -0.15) is 74.6 Å². The fourth-order valence-electron chi connectivity index (χ4n) is 3.30. The fourth-order valence-corrected chi connectivity index (χ4v) is 3.30. The fraction of sp³-hybridized carbons (Fsp3) is 0.458. The Morgan fingerprint density at radius 3 is 1.35 bits per heavy atom. The van der Waals surface area contributed by atoms with Crippen LogP contribution in [-0.4, -0.2) is 60.0 Å². The van der Waals surface area contributed by atoms with Gasteiger partial charge in [-0.15, -0.1) is 0 Å². The van der Waals surface area contributed by atoms with Crippen LogP contribution in [-0.2, 0) is 0 Å². The minimum atomic E-state index is -8.65. The number of hydrogen-bond acceptors (Lipinski definition) is 2. The molecule has 0 aliphatic carbocycles. The molecule has 0 unspecified atom stereocenters. The highest BCUT2D eigenvalue weighted by Crippen LogP contribution is 2.64. The number of carbonyl (C=O) groups is 1. The topological polar surface area (TPSA) is 26.3 Å². The number of rotatable bonds is 13. The lowest BCUT2D eigenvalue weighted by molar-refractivity contribution is -0.461. The van der Waals surface area contributed by atoms with Crippen molar-refractivity contribution in [1.82, 2.24) is 0 Å². The van der Waals surface area contributed by atoms with E-state index in [1.54, 1.807) is 18.2 Å². The molecular weight excluding hydrogens is 643 g/mol. The van der Waals surface area contributed by atoms with Crippen LogP contribution in [0.4, 0.5) is 74.6 Å². The molecule has 0 aromatic heterocycles. The molecule has 0 spiro atoms. The lowest BCUT2D eigenvalue weighted by atomic mass is 9.88. The summed E-state index contributed by atoms with van der Waals surface area (Å²) in [5.74, 6) is -57.2. The monoisotopic (exact) mass is 658 g/mol. The van der Waals surface area contributed by atoms with Gasteiger partial charge < -0.3 is 4.74 Å². The van der Waals surface area contributed by atoms with E-state index < -0.39 is 72.9 Å². The molecule has 0 radical (unpaired) electrons. The van der Waals surface area contributed by atoms with E-state index in [0.29, 0.717) is 0 Å². The van der Waals surface area contributed by atoms with Gasteiger partial charge in [-0.25, -0.2) is 0 Å². The van der Waals surface area contributed by atoms with Crippen LogP contribution in [0.1, 0.15) is 28.8 Å². The van der Waals surface area contributed by atoms with Crippen molar-refractivity contribution in [2.45, 2.75) is 60.5 Å². The van der Waals surface area contributed by atoms with Gasteiger partial charge in [0.05, 0.1) is 6.61 Å². The first kappa shape index (κ1) is 35.9. The van der Waals surface area contributed by atoms with Crippen LogP contribution in [0, 0.1) is 0 Å². The molecule has 0 fully saturated rings. The molecule has 2 aromatic rings. The Balaban J connectivity index is 2.17. The molecule has 0 saturated heterocycles. The molecule has 0 aliphatic heterocycles. The molecule has 19 heteroatoms. The lowest BCUT2D eigenvalue weighted by Gasteiger charge is -2.42. The molecule has 0 saturated carbocycles. The number of alkyl halides is 17. The van der Waals surface area contributed by atoms with Crippen molar-refractivity contribution in [3.8, 4) is 5.75 Å². The summed E-state index contributed by atoms with van der Waals surface area (Å²) in [6.45, 7) is -1.08. The van der Waals surface area contributed by atoms with Gasteiger partial charge in [0.25, 0.3) is 0 Å². The summed E-state index contributed by atoms with van der Waals surface area (Å²) in [5.41, 5.74) is 0.348. The van der Waals surface area contributed by atoms with Crippen molar-refractivity contribution in [2.24, 2.45) is 0 Å². The van der Waals surface area contributed by atoms with Crippen molar-refractivity contribution in [3.05, 3.63) is 65.7 Å². The SMILES string of the molecule is O=C(c1ccccc1)c1ccc(OCCCC(F)(F)C(F)(F)C(F)(F)C(F)(F)C(F)(F)C(F)(F)C(F)(F)C(F)(F)F)cc1. The third kappa shape index (κ3) is 5.94. The molecule has 2 aromatic carbocycles. The van der Waals surface area contributed by atoms with Crippen LogP contribution in [0.2, 0.25) is 0 Å². The zero-order valence-corrected chi connectivity index (χ0v) is 20.6. The zero-order chi connectivity index (χ0) is 33.5. The Morgan fingerprint density at radius 2 is 0.907 bits per heavy atom. The maximum Gasteiger partial charge on any atom is 0.460 e. The van der Waals surface area contributed by atoms with E-state index in [1.165, 1.54) is 12.1 Å². The predicted molar refractivity (Wildman–Crippen MR) is 112 cm³/mol. The zero-order valence-electron chi connectivity index (χ0n) is 20.6. The van der Waals surface area contributed by atoms with Crippen molar-refractivity contribution < 1.29 is 84.2 Å². The van der Waals surface area contributed by atoms with E-state index in [2.05, 4.69) is 0 Å².